The summed E-state index contributed by atoms with van der Waals surface area (Å²) < 4.78 is 0. The molecule has 1 aromatic rings. The van der Waals surface area contributed by atoms with Crippen LogP contribution in [0.2, 0.25) is 0 Å². The van der Waals surface area contributed by atoms with Gasteiger partial charge in [0.15, 0.2) is 0 Å². The van der Waals surface area contributed by atoms with Crippen LogP contribution in [-0.2, 0) is 4.79 Å². The maximum absolute atomic E-state index is 12.3. The van der Waals surface area contributed by atoms with Crippen LogP contribution in [0.15, 0.2) is 30.3 Å². The van der Waals surface area contributed by atoms with Gasteiger partial charge < -0.3 is 15.7 Å². The summed E-state index contributed by atoms with van der Waals surface area (Å²) in [6.07, 6.45) is 2.59. The molecule has 1 aliphatic heterocycles. The zero-order chi connectivity index (χ0) is 14.4. The minimum Gasteiger partial charge on any atom is -0.396 e. The number of hydrogen-bond donors (Lipinski definition) is 3. The van der Waals surface area contributed by atoms with Crippen LogP contribution in [0, 0.1) is 0 Å². The standard InChI is InChI=1S/C16H24N2O2.ClH/c1-16(9-5-10-18-16)15(20)17-12-14(8-11-19)13-6-3-2-4-7-13;/h2-4,6-7,14,18-19H,5,8-12H2,1H3,(H,17,20);1H. The molecule has 0 aliphatic carbocycles. The van der Waals surface area contributed by atoms with Crippen LogP contribution < -0.4 is 10.6 Å². The normalized spacial score (nSPS) is 22.4. The highest BCUT2D eigenvalue weighted by atomic mass is 35.5. The second-order valence-corrected chi connectivity index (χ2v) is 5.69. The Labute approximate surface area is 132 Å². The molecule has 1 fully saturated rings. The summed E-state index contributed by atoms with van der Waals surface area (Å²) in [4.78, 5) is 12.3. The van der Waals surface area contributed by atoms with Gasteiger partial charge in [0, 0.05) is 19.1 Å². The fraction of sp³-hybridized carbons (Fsp3) is 0.562. The van der Waals surface area contributed by atoms with E-state index in [0.29, 0.717) is 13.0 Å². The van der Waals surface area contributed by atoms with Crippen molar-refractivity contribution < 1.29 is 9.90 Å². The van der Waals surface area contributed by atoms with Crippen LogP contribution in [0.5, 0.6) is 0 Å². The number of nitrogens with one attached hydrogen (secondary N) is 2. The maximum Gasteiger partial charge on any atom is 0.240 e. The van der Waals surface area contributed by atoms with Crippen LogP contribution in [0.25, 0.3) is 0 Å². The topological polar surface area (TPSA) is 61.4 Å². The number of hydrogen-bond acceptors (Lipinski definition) is 3. The Balaban J connectivity index is 0.00000220. The molecule has 1 aliphatic rings. The van der Waals surface area contributed by atoms with Gasteiger partial charge in [0.25, 0.3) is 0 Å². The van der Waals surface area contributed by atoms with Crippen molar-refractivity contribution in [2.24, 2.45) is 0 Å². The first-order chi connectivity index (χ1) is 9.65. The van der Waals surface area contributed by atoms with Crippen molar-refractivity contribution in [3.63, 3.8) is 0 Å². The summed E-state index contributed by atoms with van der Waals surface area (Å²) in [5.41, 5.74) is 0.729. The van der Waals surface area contributed by atoms with Crippen LogP contribution >= 0.6 is 12.4 Å². The first-order valence-electron chi connectivity index (χ1n) is 7.35. The van der Waals surface area contributed by atoms with Gasteiger partial charge in [-0.25, -0.2) is 0 Å². The van der Waals surface area contributed by atoms with Crippen LogP contribution in [0.1, 0.15) is 37.7 Å². The summed E-state index contributed by atoms with van der Waals surface area (Å²) in [5, 5.41) is 15.5. The molecule has 0 saturated carbocycles. The predicted molar refractivity (Wildman–Crippen MR) is 86.8 cm³/mol. The SMILES string of the molecule is CC1(C(=O)NCC(CCO)c2ccccc2)CCCN1.Cl. The maximum atomic E-state index is 12.3. The Morgan fingerprint density at radius 2 is 2.14 bits per heavy atom. The van der Waals surface area contributed by atoms with Gasteiger partial charge in [0.1, 0.15) is 0 Å². The summed E-state index contributed by atoms with van der Waals surface area (Å²) in [6.45, 7) is 3.56. The van der Waals surface area contributed by atoms with Crippen LogP contribution in [0.4, 0.5) is 0 Å². The number of aliphatic hydroxyl groups is 1. The van der Waals surface area contributed by atoms with Crippen molar-refractivity contribution in [1.29, 1.82) is 0 Å². The Bertz CT molecular complexity index is 433. The van der Waals surface area contributed by atoms with E-state index in [1.165, 1.54) is 0 Å². The van der Waals surface area contributed by atoms with Gasteiger partial charge >= 0.3 is 0 Å². The minimum atomic E-state index is -0.430. The van der Waals surface area contributed by atoms with Crippen molar-refractivity contribution >= 4 is 18.3 Å². The molecule has 4 nitrogen and oxygen atoms in total. The third-order valence-electron chi connectivity index (χ3n) is 4.13. The van der Waals surface area contributed by atoms with Crippen LogP contribution in [-0.4, -0.2) is 36.2 Å². The lowest BCUT2D eigenvalue weighted by Gasteiger charge is -2.25. The Hall–Kier alpha value is -1.10. The molecule has 0 radical (unpaired) electrons. The van der Waals surface area contributed by atoms with Gasteiger partial charge in [-0.2, -0.15) is 0 Å². The summed E-state index contributed by atoms with van der Waals surface area (Å²) in [5.74, 6) is 0.226. The second kappa shape index (κ2) is 8.37. The molecule has 0 aromatic heterocycles. The first-order valence-corrected chi connectivity index (χ1v) is 7.35. The highest BCUT2D eigenvalue weighted by molar-refractivity contribution is 5.86. The number of carbonyl (C=O) groups excluding carboxylic acids is 1. The largest absolute Gasteiger partial charge is 0.396 e. The van der Waals surface area contributed by atoms with Gasteiger partial charge in [-0.15, -0.1) is 12.4 Å². The molecule has 118 valence electrons. The minimum absolute atomic E-state index is 0. The van der Waals surface area contributed by atoms with Crippen molar-refractivity contribution in [3.05, 3.63) is 35.9 Å². The van der Waals surface area contributed by atoms with E-state index in [-0.39, 0.29) is 30.8 Å². The molecule has 0 spiro atoms. The number of carbonyl (C=O) groups is 1. The highest BCUT2D eigenvalue weighted by Crippen LogP contribution is 2.21. The third-order valence-corrected chi connectivity index (χ3v) is 4.13. The number of halogens is 1. The van der Waals surface area contributed by atoms with Crippen LogP contribution in [0.3, 0.4) is 0 Å². The molecule has 2 rings (SSSR count). The lowest BCUT2D eigenvalue weighted by atomic mass is 9.94. The molecule has 0 bridgehead atoms. The quantitative estimate of drug-likeness (QED) is 0.751. The zero-order valence-corrected chi connectivity index (χ0v) is 13.3. The van der Waals surface area contributed by atoms with Crippen molar-refractivity contribution in [2.45, 2.75) is 37.6 Å². The average molecular weight is 313 g/mol. The fourth-order valence-electron chi connectivity index (χ4n) is 2.77. The number of rotatable bonds is 6. The molecule has 1 amide bonds. The highest BCUT2D eigenvalue weighted by Gasteiger charge is 2.35. The van der Waals surface area contributed by atoms with E-state index < -0.39 is 5.54 Å². The fourth-order valence-corrected chi connectivity index (χ4v) is 2.77. The molecular weight excluding hydrogens is 288 g/mol. The van der Waals surface area contributed by atoms with Gasteiger partial charge in [-0.3, -0.25) is 4.79 Å². The lowest BCUT2D eigenvalue weighted by Crippen LogP contribution is -2.51. The Kier molecular flexibility index (Phi) is 7.15. The van der Waals surface area contributed by atoms with E-state index in [2.05, 4.69) is 10.6 Å². The summed E-state index contributed by atoms with van der Waals surface area (Å²) in [7, 11) is 0. The third kappa shape index (κ3) is 4.70. The first kappa shape index (κ1) is 18.0. The van der Waals surface area contributed by atoms with Gasteiger partial charge in [0.05, 0.1) is 5.54 Å². The molecule has 5 heteroatoms. The van der Waals surface area contributed by atoms with E-state index in [9.17, 15) is 9.90 Å². The monoisotopic (exact) mass is 312 g/mol. The molecule has 1 saturated heterocycles. The van der Waals surface area contributed by atoms with E-state index in [4.69, 9.17) is 0 Å². The molecule has 2 unspecified atom stereocenters. The molecule has 1 aromatic carbocycles. The zero-order valence-electron chi connectivity index (χ0n) is 12.5. The second-order valence-electron chi connectivity index (χ2n) is 5.69. The molecular formula is C16H25ClN2O2. The van der Waals surface area contributed by atoms with Crippen molar-refractivity contribution in [1.82, 2.24) is 10.6 Å². The molecule has 1 heterocycles. The van der Waals surface area contributed by atoms with E-state index in [1.54, 1.807) is 0 Å². The van der Waals surface area contributed by atoms with Crippen molar-refractivity contribution in [3.8, 4) is 0 Å². The lowest BCUT2D eigenvalue weighted by molar-refractivity contribution is -0.126. The van der Waals surface area contributed by atoms with E-state index in [0.717, 1.165) is 24.9 Å². The Morgan fingerprint density at radius 3 is 2.71 bits per heavy atom. The van der Waals surface area contributed by atoms with E-state index in [1.807, 2.05) is 37.3 Å². The van der Waals surface area contributed by atoms with Gasteiger partial charge in [-0.1, -0.05) is 30.3 Å². The Morgan fingerprint density at radius 1 is 1.43 bits per heavy atom. The molecule has 3 N–H and O–H groups in total. The molecule has 2 atom stereocenters. The van der Waals surface area contributed by atoms with Crippen molar-refractivity contribution in [2.75, 3.05) is 19.7 Å². The summed E-state index contributed by atoms with van der Waals surface area (Å²) >= 11 is 0. The predicted octanol–water partition coefficient (Wildman–Crippen LogP) is 1.83. The number of aliphatic hydroxyl groups excluding tert-OH is 1. The molecule has 21 heavy (non-hydrogen) atoms. The van der Waals surface area contributed by atoms with E-state index >= 15 is 0 Å². The smallest absolute Gasteiger partial charge is 0.240 e. The number of amides is 1. The summed E-state index contributed by atoms with van der Waals surface area (Å²) in [6, 6.07) is 10.0. The number of benzene rings is 1. The van der Waals surface area contributed by atoms with Gasteiger partial charge in [0.2, 0.25) is 5.91 Å². The average Bonchev–Trinajstić information content (AvgIpc) is 2.92. The van der Waals surface area contributed by atoms with Gasteiger partial charge in [-0.05, 0) is 38.3 Å².